The molecule has 21 heavy (non-hydrogen) atoms. The average Bonchev–Trinajstić information content (AvgIpc) is 2.44. The average molecular weight is 287 g/mol. The fraction of sp³-hybridized carbons (Fsp3) is 0.333. The van der Waals surface area contributed by atoms with E-state index in [-0.39, 0.29) is 19.0 Å². The maximum Gasteiger partial charge on any atom is 0.127 e. The van der Waals surface area contributed by atoms with Gasteiger partial charge in [0.1, 0.15) is 5.82 Å². The number of hydrogen-bond donors (Lipinski definition) is 2. The molecule has 3 N–H and O–H groups in total. The molecule has 2 rings (SSSR count). The lowest BCUT2D eigenvalue weighted by Gasteiger charge is -2.32. The van der Waals surface area contributed by atoms with E-state index in [0.717, 1.165) is 16.7 Å². The van der Waals surface area contributed by atoms with Gasteiger partial charge in [-0.15, -0.1) is 0 Å². The van der Waals surface area contributed by atoms with Crippen molar-refractivity contribution in [3.63, 3.8) is 0 Å². The van der Waals surface area contributed by atoms with Gasteiger partial charge < -0.3 is 10.8 Å². The Hall–Kier alpha value is -1.71. The molecule has 112 valence electrons. The van der Waals surface area contributed by atoms with Crippen LogP contribution >= 0.6 is 0 Å². The van der Waals surface area contributed by atoms with Crippen LogP contribution in [0.5, 0.6) is 0 Å². The Morgan fingerprint density at radius 3 is 2.24 bits per heavy atom. The van der Waals surface area contributed by atoms with Crippen LogP contribution in [0.1, 0.15) is 22.3 Å². The second-order valence-electron chi connectivity index (χ2n) is 5.80. The summed E-state index contributed by atoms with van der Waals surface area (Å²) in [6.45, 7) is 4.07. The zero-order valence-corrected chi connectivity index (χ0v) is 12.6. The zero-order valence-electron chi connectivity index (χ0n) is 12.6. The Kier molecular flexibility index (Phi) is 4.76. The van der Waals surface area contributed by atoms with E-state index >= 15 is 0 Å². The van der Waals surface area contributed by atoms with Gasteiger partial charge >= 0.3 is 0 Å². The fourth-order valence-corrected chi connectivity index (χ4v) is 2.94. The number of benzene rings is 2. The molecule has 1 atom stereocenters. The topological polar surface area (TPSA) is 46.2 Å². The summed E-state index contributed by atoms with van der Waals surface area (Å²) in [5, 5.41) is 9.91. The summed E-state index contributed by atoms with van der Waals surface area (Å²) in [5.74, 6) is -0.318. The van der Waals surface area contributed by atoms with Gasteiger partial charge in [-0.05, 0) is 37.5 Å². The van der Waals surface area contributed by atoms with E-state index in [2.05, 4.69) is 18.2 Å². The largest absolute Gasteiger partial charge is 0.395 e. The highest BCUT2D eigenvalue weighted by atomic mass is 19.1. The summed E-state index contributed by atoms with van der Waals surface area (Å²) < 4.78 is 14.2. The van der Waals surface area contributed by atoms with Crippen LogP contribution in [0, 0.1) is 19.7 Å². The molecule has 2 aromatic rings. The quantitative estimate of drug-likeness (QED) is 0.888. The Morgan fingerprint density at radius 1 is 1.10 bits per heavy atom. The molecule has 0 spiro atoms. The van der Waals surface area contributed by atoms with Gasteiger partial charge in [0.2, 0.25) is 0 Å². The lowest BCUT2D eigenvalue weighted by molar-refractivity contribution is 0.192. The first kappa shape index (κ1) is 15.7. The second kappa shape index (κ2) is 6.37. The van der Waals surface area contributed by atoms with Crippen LogP contribution in [0.2, 0.25) is 0 Å². The van der Waals surface area contributed by atoms with E-state index in [1.165, 1.54) is 6.07 Å². The third-order valence-corrected chi connectivity index (χ3v) is 3.96. The van der Waals surface area contributed by atoms with E-state index in [9.17, 15) is 9.50 Å². The third kappa shape index (κ3) is 3.31. The van der Waals surface area contributed by atoms with Crippen molar-refractivity contribution in [2.75, 3.05) is 13.2 Å². The molecule has 2 nitrogen and oxygen atoms in total. The summed E-state index contributed by atoms with van der Waals surface area (Å²) in [5.41, 5.74) is 8.99. The van der Waals surface area contributed by atoms with Crippen LogP contribution < -0.4 is 5.73 Å². The van der Waals surface area contributed by atoms with Crippen LogP contribution in [-0.4, -0.2) is 18.3 Å². The summed E-state index contributed by atoms with van der Waals surface area (Å²) in [7, 11) is 0. The first-order valence-corrected chi connectivity index (χ1v) is 7.14. The highest BCUT2D eigenvalue weighted by molar-refractivity contribution is 5.35. The zero-order chi connectivity index (χ0) is 15.5. The van der Waals surface area contributed by atoms with Crippen molar-refractivity contribution in [1.82, 2.24) is 0 Å². The van der Waals surface area contributed by atoms with Gasteiger partial charge in [0.15, 0.2) is 0 Å². The molecule has 3 heteroatoms. The lowest BCUT2D eigenvalue weighted by Crippen LogP contribution is -2.41. The molecule has 0 aliphatic rings. The first-order chi connectivity index (χ1) is 10.0. The van der Waals surface area contributed by atoms with Crippen LogP contribution in [0.3, 0.4) is 0 Å². The molecule has 0 aromatic heterocycles. The minimum atomic E-state index is -0.786. The van der Waals surface area contributed by atoms with E-state index < -0.39 is 5.41 Å². The summed E-state index contributed by atoms with van der Waals surface area (Å²) in [6, 6.07) is 12.8. The molecule has 0 bridgehead atoms. The molecule has 0 fully saturated rings. The SMILES string of the molecule is Cc1cc(C)cc(CC(CN)(CO)c2ccccc2F)c1. The molecule has 0 aliphatic carbocycles. The first-order valence-electron chi connectivity index (χ1n) is 7.14. The van der Waals surface area contributed by atoms with Gasteiger partial charge in [-0.1, -0.05) is 47.5 Å². The second-order valence-corrected chi connectivity index (χ2v) is 5.80. The molecule has 0 amide bonds. The molecule has 1 unspecified atom stereocenters. The smallest absolute Gasteiger partial charge is 0.127 e. The van der Waals surface area contributed by atoms with Crippen LogP contribution in [0.15, 0.2) is 42.5 Å². The Bertz CT molecular complexity index is 600. The number of nitrogens with two attached hydrogens (primary N) is 1. The maximum absolute atomic E-state index is 14.2. The van der Waals surface area contributed by atoms with Crippen molar-refractivity contribution >= 4 is 0 Å². The molecule has 0 aliphatic heterocycles. The summed E-state index contributed by atoms with van der Waals surface area (Å²) >= 11 is 0. The molecular weight excluding hydrogens is 265 g/mol. The van der Waals surface area contributed by atoms with Crippen molar-refractivity contribution in [3.05, 3.63) is 70.5 Å². The molecule has 0 saturated heterocycles. The normalized spacial score (nSPS) is 14.0. The minimum absolute atomic E-state index is 0.183. The molecule has 0 heterocycles. The van der Waals surface area contributed by atoms with E-state index in [4.69, 9.17) is 5.73 Å². The van der Waals surface area contributed by atoms with E-state index in [1.54, 1.807) is 18.2 Å². The predicted octanol–water partition coefficient (Wildman–Crippen LogP) is 2.87. The molecule has 0 radical (unpaired) electrons. The van der Waals surface area contributed by atoms with Crippen molar-refractivity contribution in [2.45, 2.75) is 25.7 Å². The fourth-order valence-electron chi connectivity index (χ4n) is 2.94. The van der Waals surface area contributed by atoms with Crippen molar-refractivity contribution in [1.29, 1.82) is 0 Å². The number of aliphatic hydroxyl groups excluding tert-OH is 1. The monoisotopic (exact) mass is 287 g/mol. The molecule has 0 saturated carbocycles. The predicted molar refractivity (Wildman–Crippen MR) is 83.8 cm³/mol. The summed E-state index contributed by atoms with van der Waals surface area (Å²) in [6.07, 6.45) is 0.517. The Labute approximate surface area is 125 Å². The number of aryl methyl sites for hydroxylation is 2. The lowest BCUT2D eigenvalue weighted by atomic mass is 9.75. The Morgan fingerprint density at radius 2 is 1.71 bits per heavy atom. The number of halogens is 1. The van der Waals surface area contributed by atoms with Gasteiger partial charge in [-0.3, -0.25) is 0 Å². The minimum Gasteiger partial charge on any atom is -0.395 e. The molecule has 2 aromatic carbocycles. The van der Waals surface area contributed by atoms with Crippen molar-refractivity contribution < 1.29 is 9.50 Å². The van der Waals surface area contributed by atoms with Crippen LogP contribution in [-0.2, 0) is 11.8 Å². The van der Waals surface area contributed by atoms with Crippen LogP contribution in [0.4, 0.5) is 4.39 Å². The third-order valence-electron chi connectivity index (χ3n) is 3.96. The van der Waals surface area contributed by atoms with Crippen LogP contribution in [0.25, 0.3) is 0 Å². The highest BCUT2D eigenvalue weighted by Gasteiger charge is 2.33. The van der Waals surface area contributed by atoms with E-state index in [0.29, 0.717) is 12.0 Å². The maximum atomic E-state index is 14.2. The van der Waals surface area contributed by atoms with Gasteiger partial charge in [0, 0.05) is 12.0 Å². The number of hydrogen-bond acceptors (Lipinski definition) is 2. The highest BCUT2D eigenvalue weighted by Crippen LogP contribution is 2.30. The van der Waals surface area contributed by atoms with Crippen molar-refractivity contribution in [2.24, 2.45) is 5.73 Å². The Balaban J connectivity index is 2.45. The van der Waals surface area contributed by atoms with Gasteiger partial charge in [-0.2, -0.15) is 0 Å². The molecular formula is C18H22FNO. The van der Waals surface area contributed by atoms with Gasteiger partial charge in [0.05, 0.1) is 6.61 Å². The van der Waals surface area contributed by atoms with Gasteiger partial charge in [0.25, 0.3) is 0 Å². The van der Waals surface area contributed by atoms with Crippen molar-refractivity contribution in [3.8, 4) is 0 Å². The van der Waals surface area contributed by atoms with E-state index in [1.807, 2.05) is 13.8 Å². The summed E-state index contributed by atoms with van der Waals surface area (Å²) in [4.78, 5) is 0. The standard InChI is InChI=1S/C18H22FNO/c1-13-7-14(2)9-15(8-13)10-18(11-20,12-21)16-5-3-4-6-17(16)19/h3-9,21H,10-12,20H2,1-2H3. The number of aliphatic hydroxyl groups is 1. The van der Waals surface area contributed by atoms with Gasteiger partial charge in [-0.25, -0.2) is 4.39 Å². The number of rotatable bonds is 5.